The predicted octanol–water partition coefficient (Wildman–Crippen LogP) is 0.716. The number of rotatable bonds is 4. The summed E-state index contributed by atoms with van der Waals surface area (Å²) in [6.45, 7) is 4.26. The number of nitrogens with zero attached hydrogens (tertiary/aromatic N) is 3. The van der Waals surface area contributed by atoms with Crippen LogP contribution in [0.3, 0.4) is 0 Å². The van der Waals surface area contributed by atoms with E-state index in [1.807, 2.05) is 13.0 Å². The van der Waals surface area contributed by atoms with Crippen molar-refractivity contribution < 1.29 is 9.90 Å². The Morgan fingerprint density at radius 1 is 1.59 bits per heavy atom. The van der Waals surface area contributed by atoms with Gasteiger partial charge in [0, 0.05) is 13.1 Å². The lowest BCUT2D eigenvalue weighted by Gasteiger charge is -2.19. The molecule has 0 aliphatic rings. The highest BCUT2D eigenvalue weighted by atomic mass is 16.3. The molecule has 0 fully saturated rings. The number of amides is 1. The van der Waals surface area contributed by atoms with Crippen LogP contribution in [-0.4, -0.2) is 40.6 Å². The van der Waals surface area contributed by atoms with Crippen LogP contribution in [0.1, 0.15) is 28.7 Å². The molecule has 0 unspecified atom stereocenters. The molecule has 90 valence electrons. The third kappa shape index (κ3) is 3.02. The van der Waals surface area contributed by atoms with Gasteiger partial charge in [-0.25, -0.2) is 4.98 Å². The minimum absolute atomic E-state index is 0.0746. The molecule has 0 atom stereocenters. The summed E-state index contributed by atoms with van der Waals surface area (Å²) in [6, 6.07) is 5.12. The fraction of sp³-hybridized carbons (Fsp3) is 0.417. The molecular formula is C12H15N3O2. The fourth-order valence-electron chi connectivity index (χ4n) is 1.48. The van der Waals surface area contributed by atoms with E-state index in [-0.39, 0.29) is 19.1 Å². The van der Waals surface area contributed by atoms with E-state index >= 15 is 0 Å². The third-order valence-electron chi connectivity index (χ3n) is 2.46. The summed E-state index contributed by atoms with van der Waals surface area (Å²) >= 11 is 0. The summed E-state index contributed by atoms with van der Waals surface area (Å²) < 4.78 is 0. The minimum atomic E-state index is -0.228. The van der Waals surface area contributed by atoms with Gasteiger partial charge in [0.25, 0.3) is 5.91 Å². The largest absolute Gasteiger partial charge is 0.395 e. The smallest absolute Gasteiger partial charge is 0.272 e. The molecule has 0 aromatic carbocycles. The van der Waals surface area contributed by atoms with Gasteiger partial charge in [0.15, 0.2) is 0 Å². The Morgan fingerprint density at radius 2 is 2.29 bits per heavy atom. The number of likely N-dealkylation sites (N-methyl/N-ethyl adjacent to an activating group) is 1. The summed E-state index contributed by atoms with van der Waals surface area (Å²) in [6.07, 6.45) is 0. The summed E-state index contributed by atoms with van der Waals surface area (Å²) in [5.74, 6) is -0.228. The van der Waals surface area contributed by atoms with Crippen LogP contribution in [0.5, 0.6) is 0 Å². The molecule has 17 heavy (non-hydrogen) atoms. The Hall–Kier alpha value is -1.93. The average molecular weight is 233 g/mol. The van der Waals surface area contributed by atoms with Gasteiger partial charge in [0.05, 0.1) is 17.9 Å². The third-order valence-corrected chi connectivity index (χ3v) is 2.46. The number of aliphatic hydroxyl groups is 1. The molecule has 5 nitrogen and oxygen atoms in total. The van der Waals surface area contributed by atoms with Gasteiger partial charge in [0.2, 0.25) is 0 Å². The normalized spacial score (nSPS) is 9.76. The Kier molecular flexibility index (Phi) is 4.61. The Labute approximate surface area is 100 Å². The van der Waals surface area contributed by atoms with Crippen molar-refractivity contribution in [2.24, 2.45) is 0 Å². The SMILES string of the molecule is CCN(CCO)C(=O)c1ccc(C#N)c(C)n1. The number of aliphatic hydroxyl groups excluding tert-OH is 1. The maximum Gasteiger partial charge on any atom is 0.272 e. The number of pyridine rings is 1. The van der Waals surface area contributed by atoms with Gasteiger partial charge < -0.3 is 10.0 Å². The molecule has 1 rings (SSSR count). The number of carbonyl (C=O) groups is 1. The van der Waals surface area contributed by atoms with Crippen LogP contribution in [0.4, 0.5) is 0 Å². The van der Waals surface area contributed by atoms with Crippen molar-refractivity contribution in [3.63, 3.8) is 0 Å². The van der Waals surface area contributed by atoms with Crippen LogP contribution in [0.2, 0.25) is 0 Å². The van der Waals surface area contributed by atoms with E-state index in [2.05, 4.69) is 4.98 Å². The van der Waals surface area contributed by atoms with Crippen molar-refractivity contribution in [1.29, 1.82) is 5.26 Å². The highest BCUT2D eigenvalue weighted by Gasteiger charge is 2.15. The van der Waals surface area contributed by atoms with Crippen LogP contribution in [0.25, 0.3) is 0 Å². The molecule has 1 N–H and O–H groups in total. The second kappa shape index (κ2) is 5.97. The number of hydrogen-bond donors (Lipinski definition) is 1. The first-order valence-electron chi connectivity index (χ1n) is 5.42. The Bertz CT molecular complexity index is 452. The molecule has 1 amide bonds. The number of hydrogen-bond acceptors (Lipinski definition) is 4. The van der Waals surface area contributed by atoms with Gasteiger partial charge in [-0.1, -0.05) is 0 Å². The minimum Gasteiger partial charge on any atom is -0.395 e. The van der Waals surface area contributed by atoms with Crippen molar-refractivity contribution in [3.8, 4) is 6.07 Å². The highest BCUT2D eigenvalue weighted by molar-refractivity contribution is 5.92. The van der Waals surface area contributed by atoms with Crippen molar-refractivity contribution in [2.45, 2.75) is 13.8 Å². The molecule has 0 aliphatic carbocycles. The fourth-order valence-corrected chi connectivity index (χ4v) is 1.48. The summed E-state index contributed by atoms with van der Waals surface area (Å²) in [4.78, 5) is 17.6. The van der Waals surface area contributed by atoms with Crippen LogP contribution < -0.4 is 0 Å². The van der Waals surface area contributed by atoms with Crippen LogP contribution >= 0.6 is 0 Å². The lowest BCUT2D eigenvalue weighted by atomic mass is 10.2. The highest BCUT2D eigenvalue weighted by Crippen LogP contribution is 2.08. The molecule has 0 spiro atoms. The van der Waals surface area contributed by atoms with Crippen LogP contribution in [-0.2, 0) is 0 Å². The van der Waals surface area contributed by atoms with Crippen molar-refractivity contribution in [3.05, 3.63) is 29.1 Å². The zero-order valence-corrected chi connectivity index (χ0v) is 9.97. The number of nitriles is 1. The van der Waals surface area contributed by atoms with Gasteiger partial charge in [-0.05, 0) is 26.0 Å². The molecule has 0 saturated heterocycles. The first-order chi connectivity index (χ1) is 8.13. The van der Waals surface area contributed by atoms with Crippen molar-refractivity contribution >= 4 is 5.91 Å². The van der Waals surface area contributed by atoms with Gasteiger partial charge in [-0.15, -0.1) is 0 Å². The topological polar surface area (TPSA) is 77.2 Å². The van der Waals surface area contributed by atoms with Gasteiger partial charge >= 0.3 is 0 Å². The molecule has 1 heterocycles. The van der Waals surface area contributed by atoms with Crippen molar-refractivity contribution in [2.75, 3.05) is 19.7 Å². The summed E-state index contributed by atoms with van der Waals surface area (Å²) in [7, 11) is 0. The first-order valence-corrected chi connectivity index (χ1v) is 5.42. The molecule has 0 saturated carbocycles. The molecule has 0 aliphatic heterocycles. The van der Waals surface area contributed by atoms with E-state index in [1.165, 1.54) is 11.0 Å². The Balaban J connectivity index is 2.97. The predicted molar refractivity (Wildman–Crippen MR) is 62.4 cm³/mol. The van der Waals surface area contributed by atoms with Crippen LogP contribution in [0, 0.1) is 18.3 Å². The second-order valence-electron chi connectivity index (χ2n) is 3.55. The van der Waals surface area contributed by atoms with Gasteiger partial charge in [-0.2, -0.15) is 5.26 Å². The van der Waals surface area contributed by atoms with E-state index < -0.39 is 0 Å². The maximum absolute atomic E-state index is 12.0. The lowest BCUT2D eigenvalue weighted by molar-refractivity contribution is 0.0726. The molecule has 0 radical (unpaired) electrons. The quantitative estimate of drug-likeness (QED) is 0.831. The van der Waals surface area contributed by atoms with E-state index in [0.29, 0.717) is 23.5 Å². The summed E-state index contributed by atoms with van der Waals surface area (Å²) in [5, 5.41) is 17.6. The van der Waals surface area contributed by atoms with Crippen LogP contribution in [0.15, 0.2) is 12.1 Å². The van der Waals surface area contributed by atoms with Gasteiger partial charge in [0.1, 0.15) is 11.8 Å². The van der Waals surface area contributed by atoms with E-state index in [0.717, 1.165) is 0 Å². The molecule has 1 aromatic rings. The zero-order valence-electron chi connectivity index (χ0n) is 9.97. The molecular weight excluding hydrogens is 218 g/mol. The second-order valence-corrected chi connectivity index (χ2v) is 3.55. The lowest BCUT2D eigenvalue weighted by Crippen LogP contribution is -2.34. The number of aromatic nitrogens is 1. The number of carbonyl (C=O) groups excluding carboxylic acids is 1. The molecule has 1 aromatic heterocycles. The van der Waals surface area contributed by atoms with E-state index in [9.17, 15) is 4.79 Å². The Morgan fingerprint density at radius 3 is 2.76 bits per heavy atom. The molecule has 0 bridgehead atoms. The first kappa shape index (κ1) is 13.1. The summed E-state index contributed by atoms with van der Waals surface area (Å²) in [5.41, 5.74) is 1.31. The molecule has 5 heteroatoms. The van der Waals surface area contributed by atoms with E-state index in [1.54, 1.807) is 13.0 Å². The van der Waals surface area contributed by atoms with Gasteiger partial charge in [-0.3, -0.25) is 4.79 Å². The maximum atomic E-state index is 12.0. The van der Waals surface area contributed by atoms with Crippen molar-refractivity contribution in [1.82, 2.24) is 9.88 Å². The monoisotopic (exact) mass is 233 g/mol. The number of aryl methyl sites for hydroxylation is 1. The zero-order chi connectivity index (χ0) is 12.8. The van der Waals surface area contributed by atoms with E-state index in [4.69, 9.17) is 10.4 Å². The standard InChI is InChI=1S/C12H15N3O2/c1-3-15(6-7-16)12(17)11-5-4-10(8-13)9(2)14-11/h4-5,16H,3,6-7H2,1-2H3. The average Bonchev–Trinajstić information content (AvgIpc) is 2.35.